The molecule has 2 heterocycles. The Morgan fingerprint density at radius 2 is 1.96 bits per heavy atom. The monoisotopic (exact) mass is 354 g/mol. The van der Waals surface area contributed by atoms with Crippen LogP contribution in [-0.4, -0.2) is 29.7 Å². The quantitative estimate of drug-likeness (QED) is 0.707. The summed E-state index contributed by atoms with van der Waals surface area (Å²) in [6, 6.07) is 13.2. The average molecular weight is 354 g/mol. The highest BCUT2D eigenvalue weighted by atomic mass is 32.1. The molecule has 2 amide bonds. The molecule has 3 rings (SSSR count). The van der Waals surface area contributed by atoms with Gasteiger partial charge in [0.2, 0.25) is 0 Å². The molecular weight excluding hydrogens is 336 g/mol. The molecule has 2 N–H and O–H groups in total. The van der Waals surface area contributed by atoms with Crippen LogP contribution in [0.5, 0.6) is 0 Å². The number of aromatic nitrogens is 2. The van der Waals surface area contributed by atoms with E-state index >= 15 is 0 Å². The number of pyridine rings is 1. The van der Waals surface area contributed by atoms with E-state index in [9.17, 15) is 4.79 Å². The lowest BCUT2D eigenvalue weighted by Crippen LogP contribution is -2.32. The molecule has 0 aliphatic carbocycles. The maximum absolute atomic E-state index is 12.1. The summed E-state index contributed by atoms with van der Waals surface area (Å²) in [5, 5.41) is 8.00. The van der Waals surface area contributed by atoms with Gasteiger partial charge in [-0.15, -0.1) is 11.3 Å². The van der Waals surface area contributed by atoms with Gasteiger partial charge in [-0.05, 0) is 17.7 Å². The van der Waals surface area contributed by atoms with Crippen LogP contribution in [0.4, 0.5) is 9.93 Å². The number of carbonyl (C=O) groups is 1. The molecule has 0 saturated carbocycles. The number of rotatable bonds is 6. The van der Waals surface area contributed by atoms with Gasteiger partial charge in [0.15, 0.2) is 5.13 Å². The number of ether oxygens (including phenoxy) is 1. The summed E-state index contributed by atoms with van der Waals surface area (Å²) in [7, 11) is 1.62. The van der Waals surface area contributed by atoms with E-state index in [2.05, 4.69) is 20.6 Å². The Bertz CT molecular complexity index is 808. The van der Waals surface area contributed by atoms with Crippen molar-refractivity contribution >= 4 is 22.5 Å². The van der Waals surface area contributed by atoms with Crippen LogP contribution in [-0.2, 0) is 4.74 Å². The van der Waals surface area contributed by atoms with Gasteiger partial charge in [0.25, 0.3) is 0 Å². The first-order chi connectivity index (χ1) is 12.3. The number of hydrogen-bond donors (Lipinski definition) is 2. The Kier molecular flexibility index (Phi) is 5.71. The molecule has 2 aromatic heterocycles. The van der Waals surface area contributed by atoms with Gasteiger partial charge in [0, 0.05) is 37.0 Å². The third-order valence-corrected chi connectivity index (χ3v) is 4.36. The summed E-state index contributed by atoms with van der Waals surface area (Å²) in [6.45, 7) is 0.370. The lowest BCUT2D eigenvalue weighted by Gasteiger charge is -2.16. The number of urea groups is 1. The van der Waals surface area contributed by atoms with Gasteiger partial charge in [-0.25, -0.2) is 9.78 Å². The Balaban J connectivity index is 1.55. The number of benzene rings is 1. The lowest BCUT2D eigenvalue weighted by molar-refractivity contribution is 0.104. The summed E-state index contributed by atoms with van der Waals surface area (Å²) < 4.78 is 5.44. The van der Waals surface area contributed by atoms with E-state index in [1.165, 1.54) is 11.3 Å². The van der Waals surface area contributed by atoms with Crippen LogP contribution in [0.3, 0.4) is 0 Å². The van der Waals surface area contributed by atoms with E-state index in [4.69, 9.17) is 4.74 Å². The van der Waals surface area contributed by atoms with Gasteiger partial charge >= 0.3 is 6.03 Å². The predicted octanol–water partition coefficient (Wildman–Crippen LogP) is 3.71. The van der Waals surface area contributed by atoms with E-state index in [-0.39, 0.29) is 12.1 Å². The number of amides is 2. The molecule has 0 aliphatic rings. The molecule has 0 saturated heterocycles. The molecule has 0 fully saturated rings. The maximum Gasteiger partial charge on any atom is 0.321 e. The van der Waals surface area contributed by atoms with Gasteiger partial charge < -0.3 is 10.1 Å². The van der Waals surface area contributed by atoms with Crippen LogP contribution < -0.4 is 10.6 Å². The minimum absolute atomic E-state index is 0.198. The van der Waals surface area contributed by atoms with Crippen molar-refractivity contribution in [2.24, 2.45) is 0 Å². The van der Waals surface area contributed by atoms with E-state index < -0.39 is 0 Å². The molecule has 128 valence electrons. The van der Waals surface area contributed by atoms with Gasteiger partial charge in [0.1, 0.15) is 0 Å². The highest BCUT2D eigenvalue weighted by Gasteiger charge is 2.13. The Morgan fingerprint density at radius 3 is 2.68 bits per heavy atom. The predicted molar refractivity (Wildman–Crippen MR) is 98.6 cm³/mol. The molecule has 1 atom stereocenters. The number of nitrogens with zero attached hydrogens (tertiary/aromatic N) is 2. The van der Waals surface area contributed by atoms with Crippen LogP contribution in [0.2, 0.25) is 0 Å². The Morgan fingerprint density at radius 1 is 1.20 bits per heavy atom. The van der Waals surface area contributed by atoms with Crippen LogP contribution in [0.1, 0.15) is 11.7 Å². The van der Waals surface area contributed by atoms with Gasteiger partial charge in [0.05, 0.1) is 11.8 Å². The van der Waals surface area contributed by atoms with E-state index in [1.54, 1.807) is 19.5 Å². The minimum atomic E-state index is -0.311. The van der Waals surface area contributed by atoms with Crippen molar-refractivity contribution in [2.45, 2.75) is 6.10 Å². The van der Waals surface area contributed by atoms with Crippen LogP contribution in [0.15, 0.2) is 60.2 Å². The van der Waals surface area contributed by atoms with E-state index in [0.717, 1.165) is 16.8 Å². The highest BCUT2D eigenvalue weighted by Crippen LogP contribution is 2.24. The first kappa shape index (κ1) is 17.1. The number of anilines is 1. The summed E-state index contributed by atoms with van der Waals surface area (Å²) in [4.78, 5) is 20.5. The maximum atomic E-state index is 12.1. The first-order valence-corrected chi connectivity index (χ1v) is 8.63. The minimum Gasteiger partial charge on any atom is -0.375 e. The number of methoxy groups -OCH3 is 1. The fourth-order valence-corrected chi connectivity index (χ4v) is 3.03. The zero-order valence-corrected chi connectivity index (χ0v) is 14.5. The molecule has 0 bridgehead atoms. The summed E-state index contributed by atoms with van der Waals surface area (Å²) >= 11 is 1.37. The number of hydrogen-bond acceptors (Lipinski definition) is 5. The van der Waals surface area contributed by atoms with Crippen molar-refractivity contribution < 1.29 is 9.53 Å². The SMILES string of the molecule is COC(CNC(=O)Nc1nc(-c2ccncc2)cs1)c1ccccc1. The van der Waals surface area contributed by atoms with Crippen molar-refractivity contribution in [3.63, 3.8) is 0 Å². The summed E-state index contributed by atoms with van der Waals surface area (Å²) in [5.41, 5.74) is 2.78. The molecule has 0 radical (unpaired) electrons. The van der Waals surface area contributed by atoms with Crippen molar-refractivity contribution in [3.05, 3.63) is 65.8 Å². The zero-order chi connectivity index (χ0) is 17.5. The van der Waals surface area contributed by atoms with Gasteiger partial charge in [-0.3, -0.25) is 10.3 Å². The normalized spacial score (nSPS) is 11.7. The van der Waals surface area contributed by atoms with E-state index in [1.807, 2.05) is 47.8 Å². The Hall–Kier alpha value is -2.77. The van der Waals surface area contributed by atoms with Crippen LogP contribution in [0, 0.1) is 0 Å². The third-order valence-electron chi connectivity index (χ3n) is 3.60. The lowest BCUT2D eigenvalue weighted by atomic mass is 10.1. The average Bonchev–Trinajstić information content (AvgIpc) is 3.12. The molecule has 1 unspecified atom stereocenters. The number of thiazole rings is 1. The molecule has 1 aromatic carbocycles. The summed E-state index contributed by atoms with van der Waals surface area (Å²) in [6.07, 6.45) is 3.22. The standard InChI is InChI=1S/C18H18N4O2S/c1-24-16(14-5-3-2-4-6-14)11-20-17(23)22-18-21-15(12-25-18)13-7-9-19-10-8-13/h2-10,12,16H,11H2,1H3,(H2,20,21,22,23). The largest absolute Gasteiger partial charge is 0.375 e. The van der Waals surface area contributed by atoms with Crippen molar-refractivity contribution in [3.8, 4) is 11.3 Å². The second kappa shape index (κ2) is 8.36. The second-order valence-electron chi connectivity index (χ2n) is 5.24. The molecule has 6 nitrogen and oxygen atoms in total. The fourth-order valence-electron chi connectivity index (χ4n) is 2.32. The van der Waals surface area contributed by atoms with Gasteiger partial charge in [-0.2, -0.15) is 0 Å². The molecular formula is C18H18N4O2S. The molecule has 0 spiro atoms. The van der Waals surface area contributed by atoms with Crippen molar-refractivity contribution in [1.82, 2.24) is 15.3 Å². The highest BCUT2D eigenvalue weighted by molar-refractivity contribution is 7.14. The Labute approximate surface area is 149 Å². The third kappa shape index (κ3) is 4.62. The topological polar surface area (TPSA) is 76.1 Å². The smallest absolute Gasteiger partial charge is 0.321 e. The number of nitrogens with one attached hydrogen (secondary N) is 2. The fraction of sp³-hybridized carbons (Fsp3) is 0.167. The van der Waals surface area contributed by atoms with E-state index in [0.29, 0.717) is 11.7 Å². The molecule has 7 heteroatoms. The zero-order valence-electron chi connectivity index (χ0n) is 13.7. The molecule has 25 heavy (non-hydrogen) atoms. The van der Waals surface area contributed by atoms with Crippen LogP contribution >= 0.6 is 11.3 Å². The van der Waals surface area contributed by atoms with Crippen molar-refractivity contribution in [2.75, 3.05) is 19.0 Å². The molecule has 3 aromatic rings. The molecule has 0 aliphatic heterocycles. The second-order valence-corrected chi connectivity index (χ2v) is 6.10. The van der Waals surface area contributed by atoms with Crippen LogP contribution in [0.25, 0.3) is 11.3 Å². The first-order valence-electron chi connectivity index (χ1n) is 7.75. The number of carbonyl (C=O) groups excluding carboxylic acids is 1. The van der Waals surface area contributed by atoms with Gasteiger partial charge in [-0.1, -0.05) is 30.3 Å². The summed E-state index contributed by atoms with van der Waals surface area (Å²) in [5.74, 6) is 0. The van der Waals surface area contributed by atoms with Crippen molar-refractivity contribution in [1.29, 1.82) is 0 Å².